The van der Waals surface area contributed by atoms with Crippen LogP contribution < -0.4 is 0 Å². The highest BCUT2D eigenvalue weighted by Crippen LogP contribution is 2.19. The predicted molar refractivity (Wildman–Crippen MR) is 72.6 cm³/mol. The molecule has 6 heteroatoms. The maximum Gasteiger partial charge on any atom is 0.305 e. The number of halogens is 2. The zero-order valence-electron chi connectivity index (χ0n) is 9.78. The van der Waals surface area contributed by atoms with Gasteiger partial charge in [-0.25, -0.2) is 0 Å². The van der Waals surface area contributed by atoms with Crippen molar-refractivity contribution < 1.29 is 14.1 Å². The molecule has 0 aromatic heterocycles. The van der Waals surface area contributed by atoms with Crippen molar-refractivity contribution in [2.45, 2.75) is 19.8 Å². The van der Waals surface area contributed by atoms with E-state index in [0.717, 1.165) is 12.7 Å². The van der Waals surface area contributed by atoms with Crippen molar-refractivity contribution in [3.05, 3.63) is 37.7 Å². The number of nitro benzene ring substituents is 1. The molecule has 0 spiro atoms. The lowest BCUT2D eigenvalue weighted by Gasteiger charge is -1.92. The molecular formula is C11H15FINO3. The molecule has 0 saturated heterocycles. The second-order valence-electron chi connectivity index (χ2n) is 3.20. The normalized spacial score (nSPS) is 9.41. The lowest BCUT2D eigenvalue weighted by atomic mass is 10.3. The molecule has 0 unspecified atom stereocenters. The molecule has 0 amide bonds. The van der Waals surface area contributed by atoms with Crippen LogP contribution in [0.25, 0.3) is 0 Å². The minimum atomic E-state index is -0.796. The Morgan fingerprint density at radius 2 is 2.18 bits per heavy atom. The maximum absolute atomic E-state index is 12.6. The molecule has 17 heavy (non-hydrogen) atoms. The summed E-state index contributed by atoms with van der Waals surface area (Å²) in [5, 5.41) is 10.1. The largest absolute Gasteiger partial charge is 0.385 e. The predicted octanol–water partition coefficient (Wildman–Crippen LogP) is 3.77. The molecule has 0 bridgehead atoms. The molecule has 1 aromatic rings. The van der Waals surface area contributed by atoms with Gasteiger partial charge in [-0.05, 0) is 41.1 Å². The fourth-order valence-corrected chi connectivity index (χ4v) is 1.39. The van der Waals surface area contributed by atoms with Crippen LogP contribution in [0.2, 0.25) is 0 Å². The van der Waals surface area contributed by atoms with Gasteiger partial charge in [0.2, 0.25) is 5.82 Å². The maximum atomic E-state index is 12.6. The Kier molecular flexibility index (Phi) is 8.87. The summed E-state index contributed by atoms with van der Waals surface area (Å²) in [5.41, 5.74) is -0.475. The highest BCUT2D eigenvalue weighted by Gasteiger charge is 2.12. The van der Waals surface area contributed by atoms with E-state index in [0.29, 0.717) is 3.57 Å². The van der Waals surface area contributed by atoms with E-state index in [9.17, 15) is 14.5 Å². The minimum absolute atomic E-state index is 0.475. The molecule has 0 aliphatic rings. The van der Waals surface area contributed by atoms with Crippen molar-refractivity contribution in [1.82, 2.24) is 0 Å². The molecule has 0 heterocycles. The van der Waals surface area contributed by atoms with Crippen LogP contribution in [0.5, 0.6) is 0 Å². The summed E-state index contributed by atoms with van der Waals surface area (Å²) in [6.45, 7) is 3.07. The number of unbranched alkanes of at least 4 members (excludes halogenated alkanes) is 1. The van der Waals surface area contributed by atoms with E-state index in [2.05, 4.69) is 6.92 Å². The van der Waals surface area contributed by atoms with Crippen LogP contribution in [0.1, 0.15) is 19.8 Å². The zero-order chi connectivity index (χ0) is 13.3. The summed E-state index contributed by atoms with van der Waals surface area (Å²) in [6, 6.07) is 3.75. The number of methoxy groups -OCH3 is 1. The summed E-state index contributed by atoms with van der Waals surface area (Å²) >= 11 is 1.88. The highest BCUT2D eigenvalue weighted by atomic mass is 127. The molecule has 0 radical (unpaired) electrons. The van der Waals surface area contributed by atoms with Gasteiger partial charge in [-0.1, -0.05) is 13.3 Å². The van der Waals surface area contributed by atoms with Crippen molar-refractivity contribution >= 4 is 28.3 Å². The Balaban J connectivity index is 0.000000366. The monoisotopic (exact) mass is 355 g/mol. The van der Waals surface area contributed by atoms with Crippen molar-refractivity contribution in [1.29, 1.82) is 0 Å². The molecule has 0 aliphatic heterocycles. The lowest BCUT2D eigenvalue weighted by Crippen LogP contribution is -1.92. The van der Waals surface area contributed by atoms with Crippen LogP contribution in [-0.4, -0.2) is 18.6 Å². The molecule has 1 rings (SSSR count). The Labute approximate surface area is 113 Å². The number of nitrogens with zero attached hydrogens (tertiary/aromatic N) is 1. The van der Waals surface area contributed by atoms with Gasteiger partial charge in [0.05, 0.1) is 4.92 Å². The summed E-state index contributed by atoms with van der Waals surface area (Å²) in [4.78, 5) is 9.40. The topological polar surface area (TPSA) is 52.4 Å². The molecule has 0 fully saturated rings. The van der Waals surface area contributed by atoms with E-state index in [-0.39, 0.29) is 0 Å². The van der Waals surface area contributed by atoms with Crippen molar-refractivity contribution in [2.24, 2.45) is 0 Å². The van der Waals surface area contributed by atoms with Crippen LogP contribution >= 0.6 is 22.6 Å². The number of ether oxygens (including phenoxy) is 1. The third-order valence-corrected chi connectivity index (χ3v) is 2.48. The summed E-state index contributed by atoms with van der Waals surface area (Å²) in [5.74, 6) is -0.796. The smallest absolute Gasteiger partial charge is 0.305 e. The minimum Gasteiger partial charge on any atom is -0.385 e. The van der Waals surface area contributed by atoms with Crippen LogP contribution in [0.15, 0.2) is 18.2 Å². The van der Waals surface area contributed by atoms with Crippen molar-refractivity contribution in [2.75, 3.05) is 13.7 Å². The van der Waals surface area contributed by atoms with Crippen LogP contribution in [-0.2, 0) is 4.74 Å². The average Bonchev–Trinajstić information content (AvgIpc) is 2.30. The zero-order valence-corrected chi connectivity index (χ0v) is 11.9. The fraction of sp³-hybridized carbons (Fsp3) is 0.455. The van der Waals surface area contributed by atoms with Gasteiger partial charge in [0, 0.05) is 23.4 Å². The second kappa shape index (κ2) is 9.29. The van der Waals surface area contributed by atoms with Gasteiger partial charge in [-0.3, -0.25) is 10.1 Å². The molecule has 4 nitrogen and oxygen atoms in total. The molecule has 1 aromatic carbocycles. The fourth-order valence-electron chi connectivity index (χ4n) is 0.914. The van der Waals surface area contributed by atoms with Gasteiger partial charge in [0.25, 0.3) is 0 Å². The van der Waals surface area contributed by atoms with Gasteiger partial charge in [0.1, 0.15) is 0 Å². The Morgan fingerprint density at radius 3 is 2.53 bits per heavy atom. The van der Waals surface area contributed by atoms with Crippen LogP contribution in [0.3, 0.4) is 0 Å². The molecule has 0 aliphatic carbocycles. The molecule has 96 valence electrons. The van der Waals surface area contributed by atoms with Crippen molar-refractivity contribution in [3.63, 3.8) is 0 Å². The number of benzene rings is 1. The number of hydrogen-bond acceptors (Lipinski definition) is 3. The summed E-state index contributed by atoms with van der Waals surface area (Å²) < 4.78 is 18.0. The molecule has 0 atom stereocenters. The van der Waals surface area contributed by atoms with E-state index in [1.54, 1.807) is 7.11 Å². The SMILES string of the molecule is CCCCOC.O=[N+]([O-])c1cc(I)ccc1F. The highest BCUT2D eigenvalue weighted by molar-refractivity contribution is 14.1. The van der Waals surface area contributed by atoms with E-state index in [4.69, 9.17) is 4.74 Å². The molecule has 0 saturated carbocycles. The average molecular weight is 355 g/mol. The van der Waals surface area contributed by atoms with Gasteiger partial charge in [0.15, 0.2) is 0 Å². The quantitative estimate of drug-likeness (QED) is 0.358. The first-order chi connectivity index (χ1) is 8.02. The number of nitro groups is 1. The van der Waals surface area contributed by atoms with Crippen molar-refractivity contribution in [3.8, 4) is 0 Å². The van der Waals surface area contributed by atoms with E-state index < -0.39 is 16.4 Å². The Bertz CT molecular complexity index is 357. The first-order valence-corrected chi connectivity index (χ1v) is 6.19. The summed E-state index contributed by atoms with van der Waals surface area (Å²) in [6.07, 6.45) is 2.42. The third-order valence-electron chi connectivity index (χ3n) is 1.81. The number of rotatable bonds is 4. The lowest BCUT2D eigenvalue weighted by molar-refractivity contribution is -0.387. The summed E-state index contributed by atoms with van der Waals surface area (Å²) in [7, 11) is 1.73. The molecule has 0 N–H and O–H groups in total. The first-order valence-electron chi connectivity index (χ1n) is 5.11. The van der Waals surface area contributed by atoms with Gasteiger partial charge in [-0.2, -0.15) is 4.39 Å². The Hall–Kier alpha value is -0.760. The van der Waals surface area contributed by atoms with Gasteiger partial charge < -0.3 is 4.74 Å². The molecular weight excluding hydrogens is 340 g/mol. The van der Waals surface area contributed by atoms with Crippen LogP contribution in [0.4, 0.5) is 10.1 Å². The third kappa shape index (κ3) is 7.22. The number of hydrogen-bond donors (Lipinski definition) is 0. The van der Waals surface area contributed by atoms with E-state index in [1.807, 2.05) is 22.6 Å². The Morgan fingerprint density at radius 1 is 1.53 bits per heavy atom. The van der Waals surface area contributed by atoms with Gasteiger partial charge >= 0.3 is 5.69 Å². The first kappa shape index (κ1) is 16.2. The standard InChI is InChI=1S/C6H3FINO2.C5H12O/c7-5-2-1-4(8)3-6(5)9(10)11;1-3-4-5-6-2/h1-3H;3-5H2,1-2H3. The van der Waals surface area contributed by atoms with E-state index >= 15 is 0 Å². The van der Waals surface area contributed by atoms with Gasteiger partial charge in [-0.15, -0.1) is 0 Å². The van der Waals surface area contributed by atoms with E-state index in [1.165, 1.54) is 25.0 Å². The van der Waals surface area contributed by atoms with Crippen LogP contribution in [0, 0.1) is 19.5 Å². The second-order valence-corrected chi connectivity index (χ2v) is 4.44.